The van der Waals surface area contributed by atoms with Gasteiger partial charge in [-0.1, -0.05) is 25.7 Å². The molecule has 104 valence electrons. The van der Waals surface area contributed by atoms with E-state index in [-0.39, 0.29) is 0 Å². The molecule has 3 saturated heterocycles. The van der Waals surface area contributed by atoms with Crippen LogP contribution in [-0.4, -0.2) is 12.6 Å². The van der Waals surface area contributed by atoms with Crippen LogP contribution in [0.1, 0.15) is 71.1 Å². The third kappa shape index (κ3) is 3.10. The molecule has 0 radical (unpaired) electrons. The summed E-state index contributed by atoms with van der Waals surface area (Å²) in [6, 6.07) is 0.759. The van der Waals surface area contributed by atoms with Crippen LogP contribution < -0.4 is 5.32 Å². The van der Waals surface area contributed by atoms with Gasteiger partial charge < -0.3 is 5.32 Å². The molecule has 1 heteroatoms. The van der Waals surface area contributed by atoms with Gasteiger partial charge in [0.25, 0.3) is 0 Å². The summed E-state index contributed by atoms with van der Waals surface area (Å²) < 4.78 is 0. The van der Waals surface area contributed by atoms with Crippen LogP contribution in [0, 0.1) is 23.7 Å². The van der Waals surface area contributed by atoms with E-state index in [2.05, 4.69) is 12.2 Å². The minimum Gasteiger partial charge on any atom is -0.314 e. The third-order valence-corrected chi connectivity index (χ3v) is 5.93. The summed E-state index contributed by atoms with van der Waals surface area (Å²) in [6.07, 6.45) is 15.1. The summed E-state index contributed by atoms with van der Waals surface area (Å²) in [5.41, 5.74) is 0. The van der Waals surface area contributed by atoms with Crippen LogP contribution in [0.2, 0.25) is 0 Å². The van der Waals surface area contributed by atoms with Gasteiger partial charge in [-0.3, -0.25) is 0 Å². The van der Waals surface area contributed by atoms with E-state index < -0.39 is 0 Å². The van der Waals surface area contributed by atoms with Gasteiger partial charge in [0.15, 0.2) is 0 Å². The Bertz CT molecular complexity index is 250. The van der Waals surface area contributed by atoms with Crippen LogP contribution in [0.15, 0.2) is 0 Å². The molecular formula is C17H31N. The van der Waals surface area contributed by atoms with Gasteiger partial charge in [-0.2, -0.15) is 0 Å². The van der Waals surface area contributed by atoms with Crippen LogP contribution in [0.5, 0.6) is 0 Å². The predicted octanol–water partition coefficient (Wildman–Crippen LogP) is 4.37. The van der Waals surface area contributed by atoms with Gasteiger partial charge in [0.05, 0.1) is 0 Å². The Morgan fingerprint density at radius 2 is 1.39 bits per heavy atom. The lowest BCUT2D eigenvalue weighted by molar-refractivity contribution is 0.0267. The van der Waals surface area contributed by atoms with Crippen molar-refractivity contribution in [1.29, 1.82) is 0 Å². The monoisotopic (exact) mass is 249 g/mol. The van der Waals surface area contributed by atoms with E-state index >= 15 is 0 Å². The highest BCUT2D eigenvalue weighted by Gasteiger charge is 2.41. The SMILES string of the molecule is C[C@@H]1CC2CC(C2)C2CC(CCCCCCN1)C2. The highest BCUT2D eigenvalue weighted by atomic mass is 14.9. The normalized spacial score (nSPS) is 46.2. The molecule has 0 aromatic rings. The molecule has 1 N–H and O–H groups in total. The quantitative estimate of drug-likeness (QED) is 0.672. The maximum Gasteiger partial charge on any atom is 0.00413 e. The third-order valence-electron chi connectivity index (χ3n) is 5.93. The molecule has 4 bridgehead atoms. The molecule has 18 heavy (non-hydrogen) atoms. The second-order valence-electron chi connectivity index (χ2n) is 7.49. The Hall–Kier alpha value is -0.0400. The topological polar surface area (TPSA) is 12.0 Å². The molecule has 5 rings (SSSR count). The van der Waals surface area contributed by atoms with Crippen molar-refractivity contribution >= 4 is 0 Å². The summed E-state index contributed by atoms with van der Waals surface area (Å²) in [5.74, 6) is 4.45. The van der Waals surface area contributed by atoms with Crippen molar-refractivity contribution in [2.75, 3.05) is 6.54 Å². The molecule has 5 aliphatic rings. The Morgan fingerprint density at radius 3 is 2.17 bits per heavy atom. The van der Waals surface area contributed by atoms with Crippen molar-refractivity contribution in [3.05, 3.63) is 0 Å². The summed E-state index contributed by atoms with van der Waals surface area (Å²) in [7, 11) is 0. The molecule has 0 spiro atoms. The molecule has 0 aromatic carbocycles. The molecule has 5 fully saturated rings. The van der Waals surface area contributed by atoms with E-state index in [1.165, 1.54) is 45.1 Å². The first-order valence-corrected chi connectivity index (χ1v) is 8.54. The van der Waals surface area contributed by atoms with Crippen LogP contribution in [-0.2, 0) is 0 Å². The largest absolute Gasteiger partial charge is 0.314 e. The van der Waals surface area contributed by atoms with Gasteiger partial charge in [-0.15, -0.1) is 0 Å². The maximum atomic E-state index is 3.73. The van der Waals surface area contributed by atoms with Gasteiger partial charge in [0.1, 0.15) is 0 Å². The second-order valence-corrected chi connectivity index (χ2v) is 7.49. The van der Waals surface area contributed by atoms with E-state index in [1.807, 2.05) is 0 Å². The molecule has 1 atom stereocenters. The molecule has 2 saturated carbocycles. The Balaban J connectivity index is 1.47. The highest BCUT2D eigenvalue weighted by molar-refractivity contribution is 4.92. The molecule has 0 unspecified atom stereocenters. The van der Waals surface area contributed by atoms with Crippen LogP contribution in [0.4, 0.5) is 0 Å². The first kappa shape index (κ1) is 13.0. The van der Waals surface area contributed by atoms with Crippen molar-refractivity contribution in [3.8, 4) is 0 Å². The fourth-order valence-corrected chi connectivity index (χ4v) is 4.62. The molecule has 0 amide bonds. The Labute approximate surface area is 113 Å². The summed E-state index contributed by atoms with van der Waals surface area (Å²) in [6.45, 7) is 3.65. The molecule has 3 heterocycles. The first-order chi connectivity index (χ1) is 8.81. The standard InChI is InChI=1S/C17H31N/c1-13-8-15-11-17(12-15)16-9-14(10-16)6-4-2-3-5-7-18-13/h13-18H,2-12H2,1H3/t13-,14?,15?,16?,17?/m1/s1. The smallest absolute Gasteiger partial charge is 0.00413 e. The van der Waals surface area contributed by atoms with E-state index in [0.29, 0.717) is 0 Å². The first-order valence-electron chi connectivity index (χ1n) is 8.54. The number of rotatable bonds is 0. The van der Waals surface area contributed by atoms with Crippen LogP contribution in [0.3, 0.4) is 0 Å². The lowest BCUT2D eigenvalue weighted by Gasteiger charge is -2.48. The zero-order chi connectivity index (χ0) is 12.4. The second kappa shape index (κ2) is 5.94. The van der Waals surface area contributed by atoms with Crippen molar-refractivity contribution < 1.29 is 0 Å². The van der Waals surface area contributed by atoms with E-state index in [4.69, 9.17) is 0 Å². The van der Waals surface area contributed by atoms with E-state index in [0.717, 1.165) is 29.7 Å². The zero-order valence-electron chi connectivity index (χ0n) is 12.2. The Morgan fingerprint density at radius 1 is 0.722 bits per heavy atom. The fraction of sp³-hybridized carbons (Fsp3) is 1.00. The molecule has 0 aromatic heterocycles. The van der Waals surface area contributed by atoms with Crippen molar-refractivity contribution in [1.82, 2.24) is 5.32 Å². The molecule has 2 aliphatic carbocycles. The van der Waals surface area contributed by atoms with Crippen molar-refractivity contribution in [3.63, 3.8) is 0 Å². The Kier molecular flexibility index (Phi) is 4.28. The molecular weight excluding hydrogens is 218 g/mol. The minimum absolute atomic E-state index is 0.759. The number of nitrogens with one attached hydrogen (secondary N) is 1. The molecule has 1 nitrogen and oxygen atoms in total. The average Bonchev–Trinajstić information content (AvgIpc) is 2.25. The average molecular weight is 249 g/mol. The van der Waals surface area contributed by atoms with Gasteiger partial charge in [-0.25, -0.2) is 0 Å². The highest BCUT2D eigenvalue weighted by Crippen LogP contribution is 2.51. The number of hydrogen-bond acceptors (Lipinski definition) is 1. The van der Waals surface area contributed by atoms with Crippen molar-refractivity contribution in [2.24, 2.45) is 23.7 Å². The summed E-state index contributed by atoms with van der Waals surface area (Å²) >= 11 is 0. The fourth-order valence-electron chi connectivity index (χ4n) is 4.62. The number of hydrogen-bond donors (Lipinski definition) is 1. The lowest BCUT2D eigenvalue weighted by Crippen LogP contribution is -2.40. The van der Waals surface area contributed by atoms with Gasteiger partial charge in [0, 0.05) is 6.04 Å². The summed E-state index contributed by atoms with van der Waals surface area (Å²) in [4.78, 5) is 0. The maximum absolute atomic E-state index is 3.73. The van der Waals surface area contributed by atoms with Gasteiger partial charge >= 0.3 is 0 Å². The zero-order valence-corrected chi connectivity index (χ0v) is 12.2. The minimum atomic E-state index is 0.759. The predicted molar refractivity (Wildman–Crippen MR) is 77.6 cm³/mol. The van der Waals surface area contributed by atoms with Crippen LogP contribution in [0.25, 0.3) is 0 Å². The van der Waals surface area contributed by atoms with Crippen molar-refractivity contribution in [2.45, 2.75) is 77.2 Å². The molecule has 3 aliphatic heterocycles. The van der Waals surface area contributed by atoms with Gasteiger partial charge in [0.2, 0.25) is 0 Å². The summed E-state index contributed by atoms with van der Waals surface area (Å²) in [5, 5.41) is 3.73. The van der Waals surface area contributed by atoms with E-state index in [1.54, 1.807) is 25.7 Å². The lowest BCUT2D eigenvalue weighted by atomic mass is 9.57. The van der Waals surface area contributed by atoms with E-state index in [9.17, 15) is 0 Å². The van der Waals surface area contributed by atoms with Crippen LogP contribution >= 0.6 is 0 Å². The van der Waals surface area contributed by atoms with Gasteiger partial charge in [-0.05, 0) is 75.7 Å².